The lowest BCUT2D eigenvalue weighted by Gasteiger charge is -2.36. The summed E-state index contributed by atoms with van der Waals surface area (Å²) in [6.07, 6.45) is 3.30. The van der Waals surface area contributed by atoms with Crippen molar-refractivity contribution in [1.82, 2.24) is 14.9 Å². The topological polar surface area (TPSA) is 58.6 Å². The summed E-state index contributed by atoms with van der Waals surface area (Å²) in [4.78, 5) is 25.5. The number of methoxy groups -OCH3 is 1. The van der Waals surface area contributed by atoms with Crippen LogP contribution in [0, 0.1) is 0 Å². The molecule has 4 rings (SSSR count). The van der Waals surface area contributed by atoms with Gasteiger partial charge in [0.2, 0.25) is 0 Å². The van der Waals surface area contributed by atoms with E-state index in [1.54, 1.807) is 19.5 Å². The number of carbonyl (C=O) groups is 1. The van der Waals surface area contributed by atoms with Crippen LogP contribution in [0.4, 0.5) is 5.69 Å². The number of amides is 1. The van der Waals surface area contributed by atoms with Crippen LogP contribution in [0.2, 0.25) is 0 Å². The molecule has 0 saturated carbocycles. The van der Waals surface area contributed by atoms with Crippen LogP contribution in [0.1, 0.15) is 10.4 Å². The minimum atomic E-state index is 0.0443. The molecule has 2 heterocycles. The van der Waals surface area contributed by atoms with Crippen molar-refractivity contribution in [1.29, 1.82) is 0 Å². The van der Waals surface area contributed by atoms with Crippen LogP contribution in [0.3, 0.4) is 0 Å². The number of ether oxygens (including phenoxy) is 1. The fourth-order valence-electron chi connectivity index (χ4n) is 3.25. The van der Waals surface area contributed by atoms with Gasteiger partial charge in [-0.15, -0.1) is 0 Å². The van der Waals surface area contributed by atoms with Crippen molar-refractivity contribution in [3.8, 4) is 5.75 Å². The van der Waals surface area contributed by atoms with Crippen LogP contribution in [-0.4, -0.2) is 54.1 Å². The molecule has 3 aromatic rings. The number of hydrogen-bond acceptors (Lipinski definition) is 5. The van der Waals surface area contributed by atoms with Crippen LogP contribution in [0.25, 0.3) is 11.0 Å². The molecule has 6 nitrogen and oxygen atoms in total. The fraction of sp³-hybridized carbons (Fsp3) is 0.250. The Balaban J connectivity index is 1.45. The minimum Gasteiger partial charge on any atom is -0.497 e. The zero-order valence-corrected chi connectivity index (χ0v) is 14.6. The molecule has 26 heavy (non-hydrogen) atoms. The van der Waals surface area contributed by atoms with Gasteiger partial charge in [-0.05, 0) is 30.3 Å². The number of benzene rings is 2. The maximum absolute atomic E-state index is 12.8. The predicted molar refractivity (Wildman–Crippen MR) is 101 cm³/mol. The first-order valence-corrected chi connectivity index (χ1v) is 8.63. The van der Waals surface area contributed by atoms with Crippen LogP contribution >= 0.6 is 0 Å². The van der Waals surface area contributed by atoms with Crippen LogP contribution < -0.4 is 9.64 Å². The van der Waals surface area contributed by atoms with Gasteiger partial charge in [-0.2, -0.15) is 0 Å². The quantitative estimate of drug-likeness (QED) is 0.728. The van der Waals surface area contributed by atoms with Gasteiger partial charge in [-0.3, -0.25) is 14.8 Å². The Labute approximate surface area is 152 Å². The van der Waals surface area contributed by atoms with Gasteiger partial charge in [0.1, 0.15) is 5.75 Å². The summed E-state index contributed by atoms with van der Waals surface area (Å²) in [6.45, 7) is 2.97. The average molecular weight is 348 g/mol. The molecule has 1 aromatic heterocycles. The standard InChI is InChI=1S/C20H20N4O2/c1-26-17-4-2-3-16(14-17)23-9-11-24(12-10-23)20(25)15-5-6-18-19(13-15)22-8-7-21-18/h2-8,13-14H,9-12H2,1H3. The lowest BCUT2D eigenvalue weighted by molar-refractivity contribution is 0.0747. The number of fused-ring (bicyclic) bond motifs is 1. The second-order valence-corrected chi connectivity index (χ2v) is 6.24. The van der Waals surface area contributed by atoms with E-state index in [2.05, 4.69) is 20.9 Å². The number of aromatic nitrogens is 2. The van der Waals surface area contributed by atoms with Crippen molar-refractivity contribution in [2.45, 2.75) is 0 Å². The van der Waals surface area contributed by atoms with Crippen molar-refractivity contribution < 1.29 is 9.53 Å². The Hall–Kier alpha value is -3.15. The van der Waals surface area contributed by atoms with Crippen molar-refractivity contribution in [3.63, 3.8) is 0 Å². The summed E-state index contributed by atoms with van der Waals surface area (Å²) in [6, 6.07) is 13.5. The lowest BCUT2D eigenvalue weighted by atomic mass is 10.1. The molecule has 1 aliphatic rings. The van der Waals surface area contributed by atoms with Crippen molar-refractivity contribution in [2.75, 3.05) is 38.2 Å². The van der Waals surface area contributed by atoms with Crippen LogP contribution in [0.15, 0.2) is 54.9 Å². The van der Waals surface area contributed by atoms with Gasteiger partial charge < -0.3 is 14.5 Å². The van der Waals surface area contributed by atoms with E-state index >= 15 is 0 Å². The molecule has 0 aliphatic carbocycles. The first-order valence-electron chi connectivity index (χ1n) is 8.63. The number of carbonyl (C=O) groups excluding carboxylic acids is 1. The number of anilines is 1. The maximum Gasteiger partial charge on any atom is 0.254 e. The Bertz CT molecular complexity index is 936. The molecule has 0 spiro atoms. The summed E-state index contributed by atoms with van der Waals surface area (Å²) in [5, 5.41) is 0. The molecule has 1 amide bonds. The first kappa shape index (κ1) is 16.3. The monoisotopic (exact) mass is 348 g/mol. The molecule has 132 valence electrons. The van der Waals surface area contributed by atoms with Crippen molar-refractivity contribution >= 4 is 22.6 Å². The summed E-state index contributed by atoms with van der Waals surface area (Å²) in [5.74, 6) is 0.890. The third-order valence-corrected chi connectivity index (χ3v) is 4.70. The zero-order chi connectivity index (χ0) is 17.9. The van der Waals surface area contributed by atoms with E-state index in [1.807, 2.05) is 41.3 Å². The Morgan fingerprint density at radius 2 is 1.73 bits per heavy atom. The van der Waals surface area contributed by atoms with Crippen molar-refractivity contribution in [2.24, 2.45) is 0 Å². The summed E-state index contributed by atoms with van der Waals surface area (Å²) >= 11 is 0. The third-order valence-electron chi connectivity index (χ3n) is 4.70. The molecule has 2 aromatic carbocycles. The smallest absolute Gasteiger partial charge is 0.254 e. The molecule has 0 N–H and O–H groups in total. The molecule has 0 unspecified atom stereocenters. The molecule has 0 atom stereocenters. The molecular formula is C20H20N4O2. The zero-order valence-electron chi connectivity index (χ0n) is 14.6. The highest BCUT2D eigenvalue weighted by atomic mass is 16.5. The van der Waals surface area contributed by atoms with Crippen LogP contribution in [-0.2, 0) is 0 Å². The SMILES string of the molecule is COc1cccc(N2CCN(C(=O)c3ccc4nccnc4c3)CC2)c1. The highest BCUT2D eigenvalue weighted by molar-refractivity contribution is 5.97. The third kappa shape index (κ3) is 3.18. The Morgan fingerprint density at radius 1 is 0.962 bits per heavy atom. The summed E-state index contributed by atoms with van der Waals surface area (Å²) in [7, 11) is 1.67. The van der Waals surface area contributed by atoms with Gasteiger partial charge in [0, 0.05) is 55.9 Å². The van der Waals surface area contributed by atoms with E-state index in [9.17, 15) is 4.79 Å². The number of rotatable bonds is 3. The number of piperazine rings is 1. The van der Waals surface area contributed by atoms with Gasteiger partial charge >= 0.3 is 0 Å². The molecule has 1 saturated heterocycles. The first-order chi connectivity index (χ1) is 12.7. The molecule has 1 aliphatic heterocycles. The lowest BCUT2D eigenvalue weighted by Crippen LogP contribution is -2.48. The molecule has 6 heteroatoms. The van der Waals surface area contributed by atoms with E-state index < -0.39 is 0 Å². The van der Waals surface area contributed by atoms with E-state index in [1.165, 1.54) is 0 Å². The van der Waals surface area contributed by atoms with Gasteiger partial charge in [0.15, 0.2) is 0 Å². The van der Waals surface area contributed by atoms with Gasteiger partial charge in [-0.25, -0.2) is 0 Å². The van der Waals surface area contributed by atoms with E-state index in [-0.39, 0.29) is 5.91 Å². The highest BCUT2D eigenvalue weighted by Crippen LogP contribution is 2.22. The van der Waals surface area contributed by atoms with E-state index in [0.717, 1.165) is 35.6 Å². The number of nitrogens with zero attached hydrogens (tertiary/aromatic N) is 4. The minimum absolute atomic E-state index is 0.0443. The molecule has 0 radical (unpaired) electrons. The summed E-state index contributed by atoms with van der Waals surface area (Å²) in [5.41, 5.74) is 3.32. The second-order valence-electron chi connectivity index (χ2n) is 6.24. The normalized spacial score (nSPS) is 14.5. The predicted octanol–water partition coefficient (Wildman–Crippen LogP) is 2.60. The second kappa shape index (κ2) is 7.00. The maximum atomic E-state index is 12.8. The molecule has 0 bridgehead atoms. The molecule has 1 fully saturated rings. The average Bonchev–Trinajstić information content (AvgIpc) is 2.73. The molecular weight excluding hydrogens is 328 g/mol. The highest BCUT2D eigenvalue weighted by Gasteiger charge is 2.22. The van der Waals surface area contributed by atoms with Gasteiger partial charge in [-0.1, -0.05) is 6.07 Å². The fourth-order valence-corrected chi connectivity index (χ4v) is 3.25. The van der Waals surface area contributed by atoms with Crippen LogP contribution in [0.5, 0.6) is 5.75 Å². The Kier molecular flexibility index (Phi) is 4.39. The Morgan fingerprint density at radius 3 is 2.50 bits per heavy atom. The van der Waals surface area contributed by atoms with Gasteiger partial charge in [0.25, 0.3) is 5.91 Å². The van der Waals surface area contributed by atoms with Crippen molar-refractivity contribution in [3.05, 3.63) is 60.4 Å². The van der Waals surface area contributed by atoms with E-state index in [0.29, 0.717) is 18.7 Å². The largest absolute Gasteiger partial charge is 0.497 e. The number of hydrogen-bond donors (Lipinski definition) is 0. The van der Waals surface area contributed by atoms with E-state index in [4.69, 9.17) is 4.74 Å². The van der Waals surface area contributed by atoms with Gasteiger partial charge in [0.05, 0.1) is 18.1 Å². The summed E-state index contributed by atoms with van der Waals surface area (Å²) < 4.78 is 5.30.